The summed E-state index contributed by atoms with van der Waals surface area (Å²) in [5.41, 5.74) is -3.78. The zero-order valence-corrected chi connectivity index (χ0v) is 17.5. The molecular weight excluding hydrogens is 468 g/mol. The zero-order chi connectivity index (χ0) is 25.3. The standard InChI is InChI=1S/C20H15F6N7O/c1-10(16-31-18(28-2)32-33(16)15-4-3-11(8-27)9-29-15)30-17(34)12-5-13(19(21,22)23)7-14(6-12)20(24,25)26/h3-7,9-10H,1-2H3,(H,28,32)(H,30,34)/t10-/m0/s1. The van der Waals surface area contributed by atoms with Crippen molar-refractivity contribution in [3.8, 4) is 11.9 Å². The van der Waals surface area contributed by atoms with E-state index in [4.69, 9.17) is 5.26 Å². The molecule has 0 aliphatic rings. The summed E-state index contributed by atoms with van der Waals surface area (Å²) < 4.78 is 79.9. The van der Waals surface area contributed by atoms with Crippen LogP contribution in [0.5, 0.6) is 0 Å². The van der Waals surface area contributed by atoms with Gasteiger partial charge in [-0.1, -0.05) is 0 Å². The number of hydrogen-bond donors (Lipinski definition) is 2. The van der Waals surface area contributed by atoms with E-state index in [1.54, 1.807) is 0 Å². The number of anilines is 1. The average molecular weight is 483 g/mol. The van der Waals surface area contributed by atoms with Crippen molar-refractivity contribution in [2.45, 2.75) is 25.3 Å². The van der Waals surface area contributed by atoms with Crippen molar-refractivity contribution < 1.29 is 31.1 Å². The lowest BCUT2D eigenvalue weighted by atomic mass is 10.0. The molecule has 1 atom stereocenters. The van der Waals surface area contributed by atoms with Crippen LogP contribution >= 0.6 is 0 Å². The molecule has 1 amide bonds. The Kier molecular flexibility index (Phi) is 6.49. The number of nitrogens with one attached hydrogen (secondary N) is 2. The highest BCUT2D eigenvalue weighted by atomic mass is 19.4. The molecule has 0 aliphatic carbocycles. The SMILES string of the molecule is CNc1nc([C@H](C)NC(=O)c2cc(C(F)(F)F)cc(C(F)(F)F)c2)n(-c2ccc(C#N)cn2)n1. The summed E-state index contributed by atoms with van der Waals surface area (Å²) in [5.74, 6) is -0.779. The molecular formula is C20H15F6N7O. The van der Waals surface area contributed by atoms with Crippen molar-refractivity contribution in [3.63, 3.8) is 0 Å². The van der Waals surface area contributed by atoms with Gasteiger partial charge in [-0.3, -0.25) is 4.79 Å². The molecule has 0 bridgehead atoms. The first-order chi connectivity index (χ1) is 15.8. The van der Waals surface area contributed by atoms with E-state index in [-0.39, 0.29) is 29.2 Å². The largest absolute Gasteiger partial charge is 0.416 e. The van der Waals surface area contributed by atoms with Crippen LogP contribution in [-0.4, -0.2) is 32.7 Å². The first-order valence-corrected chi connectivity index (χ1v) is 9.45. The Bertz CT molecular complexity index is 1210. The minimum absolute atomic E-state index is 0.0629. The number of rotatable bonds is 5. The van der Waals surface area contributed by atoms with E-state index in [0.717, 1.165) is 0 Å². The van der Waals surface area contributed by atoms with Crippen LogP contribution in [0.15, 0.2) is 36.5 Å². The van der Waals surface area contributed by atoms with Crippen molar-refractivity contribution in [3.05, 3.63) is 64.6 Å². The van der Waals surface area contributed by atoms with Gasteiger partial charge in [0.25, 0.3) is 5.91 Å². The second-order valence-corrected chi connectivity index (χ2v) is 6.96. The van der Waals surface area contributed by atoms with Gasteiger partial charge in [0, 0.05) is 18.8 Å². The fraction of sp³-hybridized carbons (Fsp3) is 0.250. The molecule has 2 aromatic heterocycles. The van der Waals surface area contributed by atoms with Gasteiger partial charge in [-0.25, -0.2) is 4.98 Å². The quantitative estimate of drug-likeness (QED) is 0.529. The van der Waals surface area contributed by atoms with Crippen LogP contribution in [0.1, 0.15) is 45.8 Å². The minimum Gasteiger partial charge on any atom is -0.356 e. The molecule has 2 heterocycles. The molecule has 0 fully saturated rings. The van der Waals surface area contributed by atoms with E-state index in [1.165, 1.54) is 37.0 Å². The van der Waals surface area contributed by atoms with Crippen LogP contribution in [0.4, 0.5) is 32.3 Å². The number of carbonyl (C=O) groups excluding carboxylic acids is 1. The summed E-state index contributed by atoms with van der Waals surface area (Å²) in [6, 6.07) is 4.40. The number of halogens is 6. The Hall–Kier alpha value is -4.15. The Morgan fingerprint density at radius 2 is 1.71 bits per heavy atom. The minimum atomic E-state index is -5.09. The van der Waals surface area contributed by atoms with Gasteiger partial charge >= 0.3 is 12.4 Å². The van der Waals surface area contributed by atoms with Gasteiger partial charge in [-0.05, 0) is 37.3 Å². The molecule has 34 heavy (non-hydrogen) atoms. The van der Waals surface area contributed by atoms with Gasteiger partial charge in [0.1, 0.15) is 6.07 Å². The summed E-state index contributed by atoms with van der Waals surface area (Å²) in [4.78, 5) is 20.9. The second-order valence-electron chi connectivity index (χ2n) is 6.96. The van der Waals surface area contributed by atoms with Crippen LogP contribution < -0.4 is 10.6 Å². The average Bonchev–Trinajstić information content (AvgIpc) is 3.22. The lowest BCUT2D eigenvalue weighted by molar-refractivity contribution is -0.143. The number of carbonyl (C=O) groups is 1. The maximum Gasteiger partial charge on any atom is 0.416 e. The van der Waals surface area contributed by atoms with Crippen LogP contribution in [0.2, 0.25) is 0 Å². The van der Waals surface area contributed by atoms with Gasteiger partial charge in [0.2, 0.25) is 5.95 Å². The molecule has 14 heteroatoms. The fourth-order valence-electron chi connectivity index (χ4n) is 2.89. The zero-order valence-electron chi connectivity index (χ0n) is 17.5. The van der Waals surface area contributed by atoms with E-state index in [1.807, 2.05) is 6.07 Å². The molecule has 0 spiro atoms. The molecule has 3 rings (SSSR count). The number of aromatic nitrogens is 4. The number of nitrogens with zero attached hydrogens (tertiary/aromatic N) is 5. The third-order valence-electron chi connectivity index (χ3n) is 4.53. The normalized spacial score (nSPS) is 12.7. The Morgan fingerprint density at radius 3 is 2.18 bits per heavy atom. The summed E-state index contributed by atoms with van der Waals surface area (Å²) >= 11 is 0. The highest BCUT2D eigenvalue weighted by Crippen LogP contribution is 2.36. The van der Waals surface area contributed by atoms with E-state index in [9.17, 15) is 31.1 Å². The molecule has 3 aromatic rings. The predicted octanol–water partition coefficient (Wildman–Crippen LogP) is 4.10. The molecule has 8 nitrogen and oxygen atoms in total. The van der Waals surface area contributed by atoms with Gasteiger partial charge in [0.05, 0.1) is 22.7 Å². The van der Waals surface area contributed by atoms with Gasteiger partial charge in [-0.2, -0.15) is 41.3 Å². The van der Waals surface area contributed by atoms with Crippen LogP contribution in [-0.2, 0) is 12.4 Å². The van der Waals surface area contributed by atoms with E-state index in [0.29, 0.717) is 12.1 Å². The summed E-state index contributed by atoms with van der Waals surface area (Å²) in [6.45, 7) is 1.42. The Labute approximate surface area is 188 Å². The molecule has 1 aromatic carbocycles. The second kappa shape index (κ2) is 9.00. The van der Waals surface area contributed by atoms with Gasteiger partial charge < -0.3 is 10.6 Å². The number of hydrogen-bond acceptors (Lipinski definition) is 6. The van der Waals surface area contributed by atoms with Gasteiger partial charge in [-0.15, -0.1) is 5.10 Å². The van der Waals surface area contributed by atoms with E-state index >= 15 is 0 Å². The highest BCUT2D eigenvalue weighted by molar-refractivity contribution is 5.94. The summed E-state index contributed by atoms with van der Waals surface area (Å²) in [6.07, 6.45) is -8.92. The van der Waals surface area contributed by atoms with E-state index in [2.05, 4.69) is 25.7 Å². The predicted molar refractivity (Wildman–Crippen MR) is 106 cm³/mol. The molecule has 0 radical (unpaired) electrons. The van der Waals surface area contributed by atoms with Crippen molar-refractivity contribution in [2.24, 2.45) is 0 Å². The highest BCUT2D eigenvalue weighted by Gasteiger charge is 2.37. The monoisotopic (exact) mass is 483 g/mol. The molecule has 0 saturated heterocycles. The Morgan fingerprint density at radius 1 is 1.09 bits per heavy atom. The van der Waals surface area contributed by atoms with Crippen molar-refractivity contribution >= 4 is 11.9 Å². The molecule has 178 valence electrons. The topological polar surface area (TPSA) is 109 Å². The maximum absolute atomic E-state index is 13.1. The number of pyridine rings is 1. The smallest absolute Gasteiger partial charge is 0.356 e. The molecule has 0 saturated carbocycles. The van der Waals surface area contributed by atoms with Gasteiger partial charge in [0.15, 0.2) is 11.6 Å². The summed E-state index contributed by atoms with van der Waals surface area (Å²) in [5, 5.41) is 18.1. The number of benzene rings is 1. The van der Waals surface area contributed by atoms with Crippen LogP contribution in [0.25, 0.3) is 5.82 Å². The maximum atomic E-state index is 13.1. The first-order valence-electron chi connectivity index (χ1n) is 9.45. The lowest BCUT2D eigenvalue weighted by Crippen LogP contribution is -2.29. The lowest BCUT2D eigenvalue weighted by Gasteiger charge is -2.17. The molecule has 2 N–H and O–H groups in total. The van der Waals surface area contributed by atoms with Crippen molar-refractivity contribution in [1.82, 2.24) is 25.1 Å². The van der Waals surface area contributed by atoms with Crippen molar-refractivity contribution in [1.29, 1.82) is 5.26 Å². The third-order valence-corrected chi connectivity index (χ3v) is 4.53. The fourth-order valence-corrected chi connectivity index (χ4v) is 2.89. The number of nitriles is 1. The van der Waals surface area contributed by atoms with Crippen molar-refractivity contribution in [2.75, 3.05) is 12.4 Å². The first kappa shape index (κ1) is 24.5. The van der Waals surface area contributed by atoms with Crippen LogP contribution in [0.3, 0.4) is 0 Å². The van der Waals surface area contributed by atoms with E-state index < -0.39 is 41.0 Å². The molecule has 0 unspecified atom stereocenters. The molecule has 0 aliphatic heterocycles. The number of amides is 1. The summed E-state index contributed by atoms with van der Waals surface area (Å²) in [7, 11) is 1.51. The Balaban J connectivity index is 1.96. The third kappa shape index (κ3) is 5.25. The number of alkyl halides is 6. The van der Waals surface area contributed by atoms with Crippen LogP contribution in [0, 0.1) is 11.3 Å².